The fourth-order valence-corrected chi connectivity index (χ4v) is 13.0. The van der Waals surface area contributed by atoms with Crippen LogP contribution in [0.4, 0.5) is 0 Å². The van der Waals surface area contributed by atoms with Crippen molar-refractivity contribution in [3.05, 3.63) is 0 Å². The van der Waals surface area contributed by atoms with Crippen molar-refractivity contribution in [3.63, 3.8) is 0 Å². The number of rotatable bonds is 17. The van der Waals surface area contributed by atoms with E-state index < -0.39 is 47.9 Å². The molecule has 0 aromatic heterocycles. The summed E-state index contributed by atoms with van der Waals surface area (Å²) in [6.07, 6.45) is 5.65. The maximum Gasteiger partial charge on any atom is 0.192 e. The Labute approximate surface area is 367 Å². The van der Waals surface area contributed by atoms with Crippen molar-refractivity contribution in [1.82, 2.24) is 0 Å². The summed E-state index contributed by atoms with van der Waals surface area (Å²) in [6, 6.07) is 0. The Morgan fingerprint density at radius 2 is 1.52 bits per heavy atom. The van der Waals surface area contributed by atoms with Crippen molar-refractivity contribution >= 4 is 0 Å². The van der Waals surface area contributed by atoms with Gasteiger partial charge in [0, 0.05) is 70.7 Å². The molecule has 6 rings (SSSR count). The van der Waals surface area contributed by atoms with E-state index in [1.54, 1.807) is 21.3 Å². The Morgan fingerprint density at radius 1 is 0.803 bits per heavy atom. The van der Waals surface area contributed by atoms with Gasteiger partial charge in [-0.05, 0) is 71.1 Å². The van der Waals surface area contributed by atoms with Gasteiger partial charge >= 0.3 is 0 Å². The molecule has 6 fully saturated rings. The fraction of sp³-hybridized carbons (Fsp3) is 1.00. The smallest absolute Gasteiger partial charge is 0.192 e. The zero-order valence-corrected chi connectivity index (χ0v) is 40.0. The second-order valence-electron chi connectivity index (χ2n) is 20.9. The van der Waals surface area contributed by atoms with E-state index in [0.717, 1.165) is 44.9 Å². The molecule has 6 aliphatic rings. The number of hydrogen-bond acceptors (Lipinski definition) is 13. The average molecular weight is 871 g/mol. The highest BCUT2D eigenvalue weighted by atomic mass is 16.7. The molecule has 6 saturated heterocycles. The highest BCUT2D eigenvalue weighted by Gasteiger charge is 2.65. The maximum absolute atomic E-state index is 11.3. The van der Waals surface area contributed by atoms with E-state index in [1.165, 1.54) is 0 Å². The molecule has 61 heavy (non-hydrogen) atoms. The molecule has 0 aliphatic carbocycles. The van der Waals surface area contributed by atoms with Crippen LogP contribution in [0.2, 0.25) is 0 Å². The largest absolute Gasteiger partial charge is 0.393 e. The summed E-state index contributed by atoms with van der Waals surface area (Å²) < 4.78 is 67.5. The Hall–Kier alpha value is -0.520. The summed E-state index contributed by atoms with van der Waals surface area (Å²) >= 11 is 0. The predicted molar refractivity (Wildman–Crippen MR) is 230 cm³/mol. The molecule has 0 amide bonds. The quantitative estimate of drug-likeness (QED) is 0.139. The first-order valence-electron chi connectivity index (χ1n) is 24.2. The molecule has 0 aromatic carbocycles. The van der Waals surface area contributed by atoms with Gasteiger partial charge in [0.05, 0.1) is 78.8 Å². The molecule has 13 heteroatoms. The van der Waals surface area contributed by atoms with E-state index in [-0.39, 0.29) is 90.4 Å². The predicted octanol–water partition coefficient (Wildman–Crippen LogP) is 6.93. The molecule has 3 N–H and O–H groups in total. The standard InChI is InChI=1S/C48H86O13/c1-14-16-34(32(8)50)42(54-13)31(7)41-30(6)37(53-12)25-47(58-41)21-20-45(10,61-47)44-38(56-39-18-17-35(52-11)33(9)55-39)24-46(60-44,19-15-2)43-28(4)23-36(57-43)40-27(3)22-29(5)48(51,26-49)59-40/h27-44,49-51H,14-26H2,1-13H3. The SMILES string of the molecule is CCCC(C(C)O)C(OC)C(C)C1OC2(CCC(C)(C3OC(CCC)(C4OC(C5OC(O)(CO)C(C)CC5C)CC4C)CC3OC3CCC(OC)C(C)O3)O2)CC(OC)C1C. The normalized spacial score (nSPS) is 49.0. The van der Waals surface area contributed by atoms with Crippen LogP contribution in [0.15, 0.2) is 0 Å². The van der Waals surface area contributed by atoms with Crippen molar-refractivity contribution in [2.45, 2.75) is 242 Å². The third-order valence-corrected chi connectivity index (χ3v) is 16.3. The lowest BCUT2D eigenvalue weighted by Gasteiger charge is -2.50. The molecular formula is C48H86O13. The first kappa shape index (κ1) is 49.9. The Bertz CT molecular complexity index is 1390. The van der Waals surface area contributed by atoms with E-state index in [1.807, 2.05) is 20.8 Å². The van der Waals surface area contributed by atoms with Crippen molar-refractivity contribution < 1.29 is 62.7 Å². The van der Waals surface area contributed by atoms with Crippen LogP contribution in [0.5, 0.6) is 0 Å². The minimum Gasteiger partial charge on any atom is -0.393 e. The molecule has 0 bridgehead atoms. The number of hydrogen-bond donors (Lipinski definition) is 3. The van der Waals surface area contributed by atoms with E-state index >= 15 is 0 Å². The van der Waals surface area contributed by atoms with Crippen molar-refractivity contribution in [2.75, 3.05) is 27.9 Å². The van der Waals surface area contributed by atoms with Crippen LogP contribution in [-0.4, -0.2) is 139 Å². The molecule has 1 spiro atoms. The van der Waals surface area contributed by atoms with Crippen LogP contribution < -0.4 is 0 Å². The van der Waals surface area contributed by atoms with Gasteiger partial charge in [-0.1, -0.05) is 61.3 Å². The minimum atomic E-state index is -1.60. The molecule has 22 atom stereocenters. The lowest BCUT2D eigenvalue weighted by molar-refractivity contribution is -0.342. The number of aliphatic hydroxyl groups excluding tert-OH is 2. The van der Waals surface area contributed by atoms with Gasteiger partial charge in [0.1, 0.15) is 6.10 Å². The Kier molecular flexibility index (Phi) is 16.5. The van der Waals surface area contributed by atoms with Gasteiger partial charge in [-0.25, -0.2) is 0 Å². The summed E-state index contributed by atoms with van der Waals surface area (Å²) in [5, 5.41) is 32.4. The molecule has 0 saturated carbocycles. The maximum atomic E-state index is 11.3. The molecule has 22 unspecified atom stereocenters. The zero-order chi connectivity index (χ0) is 44.7. The van der Waals surface area contributed by atoms with Gasteiger partial charge in [0.25, 0.3) is 0 Å². The van der Waals surface area contributed by atoms with Crippen LogP contribution in [0.25, 0.3) is 0 Å². The fourth-order valence-electron chi connectivity index (χ4n) is 13.0. The Morgan fingerprint density at radius 3 is 2.13 bits per heavy atom. The Balaban J connectivity index is 1.30. The first-order valence-corrected chi connectivity index (χ1v) is 24.2. The zero-order valence-electron chi connectivity index (χ0n) is 40.0. The van der Waals surface area contributed by atoms with E-state index in [9.17, 15) is 15.3 Å². The lowest BCUT2D eigenvalue weighted by Crippen LogP contribution is -2.58. The third kappa shape index (κ3) is 9.96. The van der Waals surface area contributed by atoms with Crippen molar-refractivity contribution in [3.8, 4) is 0 Å². The monoisotopic (exact) mass is 871 g/mol. The van der Waals surface area contributed by atoms with Crippen molar-refractivity contribution in [2.24, 2.45) is 35.5 Å². The minimum absolute atomic E-state index is 0.0104. The number of aliphatic hydroxyl groups is 3. The molecule has 356 valence electrons. The molecule has 0 radical (unpaired) electrons. The molecular weight excluding hydrogens is 785 g/mol. The van der Waals surface area contributed by atoms with Gasteiger partial charge in [0.2, 0.25) is 0 Å². The highest BCUT2D eigenvalue weighted by Crippen LogP contribution is 2.56. The van der Waals surface area contributed by atoms with Gasteiger partial charge in [-0.3, -0.25) is 0 Å². The van der Waals surface area contributed by atoms with E-state index in [0.29, 0.717) is 32.1 Å². The first-order chi connectivity index (χ1) is 28.9. The summed E-state index contributed by atoms with van der Waals surface area (Å²) in [4.78, 5) is 0. The van der Waals surface area contributed by atoms with Crippen LogP contribution in [0.1, 0.15) is 146 Å². The van der Waals surface area contributed by atoms with Crippen LogP contribution in [0, 0.1) is 35.5 Å². The van der Waals surface area contributed by atoms with Gasteiger partial charge in [-0.15, -0.1) is 0 Å². The van der Waals surface area contributed by atoms with Crippen LogP contribution >= 0.6 is 0 Å². The molecule has 6 heterocycles. The van der Waals surface area contributed by atoms with Crippen LogP contribution in [0.3, 0.4) is 0 Å². The summed E-state index contributed by atoms with van der Waals surface area (Å²) in [7, 11) is 5.26. The van der Waals surface area contributed by atoms with Gasteiger partial charge < -0.3 is 62.7 Å². The molecule has 0 aromatic rings. The molecule has 13 nitrogen and oxygen atoms in total. The third-order valence-electron chi connectivity index (χ3n) is 16.3. The lowest BCUT2D eigenvalue weighted by atomic mass is 9.76. The second kappa shape index (κ2) is 20.1. The number of ether oxygens (including phenoxy) is 10. The average Bonchev–Trinajstić information content (AvgIpc) is 3.90. The second-order valence-corrected chi connectivity index (χ2v) is 20.9. The van der Waals surface area contributed by atoms with E-state index in [2.05, 4.69) is 48.5 Å². The summed E-state index contributed by atoms with van der Waals surface area (Å²) in [6.45, 7) is 20.7. The highest BCUT2D eigenvalue weighted by molar-refractivity contribution is 5.12. The summed E-state index contributed by atoms with van der Waals surface area (Å²) in [5.41, 5.74) is -1.48. The number of methoxy groups -OCH3 is 3. The topological polar surface area (TPSA) is 153 Å². The summed E-state index contributed by atoms with van der Waals surface area (Å²) in [5.74, 6) is -2.47. The van der Waals surface area contributed by atoms with Crippen LogP contribution in [-0.2, 0) is 47.4 Å². The van der Waals surface area contributed by atoms with E-state index in [4.69, 9.17) is 47.4 Å². The molecule has 6 aliphatic heterocycles. The van der Waals surface area contributed by atoms with Crippen molar-refractivity contribution in [1.29, 1.82) is 0 Å². The van der Waals surface area contributed by atoms with Gasteiger partial charge in [-0.2, -0.15) is 0 Å². The van der Waals surface area contributed by atoms with Gasteiger partial charge in [0.15, 0.2) is 17.9 Å².